The van der Waals surface area contributed by atoms with E-state index in [1.165, 1.54) is 11.9 Å². The lowest BCUT2D eigenvalue weighted by Crippen LogP contribution is -2.47. The second-order valence-electron chi connectivity index (χ2n) is 6.29. The van der Waals surface area contributed by atoms with Crippen molar-refractivity contribution in [3.8, 4) is 11.5 Å². The minimum Gasteiger partial charge on any atom is -0.497 e. The SMILES string of the molecule is COc1ccc(CN2CCC(NC(=O)N(C)CCC(=O)O)C2=O)c(OC)c1. The summed E-state index contributed by atoms with van der Waals surface area (Å²) >= 11 is 0. The van der Waals surface area contributed by atoms with Crippen LogP contribution in [-0.2, 0) is 16.1 Å². The monoisotopic (exact) mass is 379 g/mol. The summed E-state index contributed by atoms with van der Waals surface area (Å²) < 4.78 is 10.5. The maximum atomic E-state index is 12.6. The fourth-order valence-electron chi connectivity index (χ4n) is 2.84. The minimum atomic E-state index is -0.980. The van der Waals surface area contributed by atoms with Gasteiger partial charge in [-0.15, -0.1) is 0 Å². The second kappa shape index (κ2) is 9.11. The highest BCUT2D eigenvalue weighted by atomic mass is 16.5. The smallest absolute Gasteiger partial charge is 0.317 e. The Hall–Kier alpha value is -2.97. The first kappa shape index (κ1) is 20.3. The first-order valence-corrected chi connectivity index (χ1v) is 8.58. The zero-order chi connectivity index (χ0) is 20.0. The highest BCUT2D eigenvalue weighted by Crippen LogP contribution is 2.27. The molecule has 1 heterocycles. The van der Waals surface area contributed by atoms with Crippen LogP contribution >= 0.6 is 0 Å². The van der Waals surface area contributed by atoms with Gasteiger partial charge in [-0.25, -0.2) is 4.79 Å². The van der Waals surface area contributed by atoms with E-state index in [0.717, 1.165) is 5.56 Å². The molecule has 1 unspecified atom stereocenters. The van der Waals surface area contributed by atoms with Crippen LogP contribution in [-0.4, -0.2) is 73.2 Å². The number of nitrogens with zero attached hydrogens (tertiary/aromatic N) is 2. The van der Waals surface area contributed by atoms with Crippen molar-refractivity contribution < 1.29 is 29.0 Å². The number of methoxy groups -OCH3 is 2. The average Bonchev–Trinajstić information content (AvgIpc) is 2.99. The standard InChI is InChI=1S/C18H25N3O6/c1-20(8-7-16(22)23)18(25)19-14-6-9-21(17(14)24)11-12-4-5-13(26-2)10-15(12)27-3/h4-5,10,14H,6-9,11H2,1-3H3,(H,19,25)(H,22,23). The van der Waals surface area contributed by atoms with E-state index >= 15 is 0 Å². The Morgan fingerprint density at radius 1 is 1.33 bits per heavy atom. The van der Waals surface area contributed by atoms with E-state index in [2.05, 4.69) is 5.32 Å². The lowest BCUT2D eigenvalue weighted by atomic mass is 10.1. The molecule has 0 bridgehead atoms. The zero-order valence-electron chi connectivity index (χ0n) is 15.7. The molecule has 3 amide bonds. The molecule has 1 aliphatic rings. The number of hydrogen-bond donors (Lipinski definition) is 2. The molecule has 1 aromatic rings. The van der Waals surface area contributed by atoms with Crippen LogP contribution in [0.4, 0.5) is 4.79 Å². The van der Waals surface area contributed by atoms with Crippen LogP contribution in [0.25, 0.3) is 0 Å². The van der Waals surface area contributed by atoms with Crippen molar-refractivity contribution in [2.75, 3.05) is 34.4 Å². The first-order chi connectivity index (χ1) is 12.8. The van der Waals surface area contributed by atoms with Crippen LogP contribution in [0.5, 0.6) is 11.5 Å². The summed E-state index contributed by atoms with van der Waals surface area (Å²) in [5, 5.41) is 11.4. The third-order valence-electron chi connectivity index (χ3n) is 4.46. The van der Waals surface area contributed by atoms with Gasteiger partial charge in [0.15, 0.2) is 0 Å². The maximum Gasteiger partial charge on any atom is 0.317 e. The van der Waals surface area contributed by atoms with Gasteiger partial charge in [0.2, 0.25) is 5.91 Å². The van der Waals surface area contributed by atoms with Crippen molar-refractivity contribution in [1.29, 1.82) is 0 Å². The predicted molar refractivity (Wildman–Crippen MR) is 96.8 cm³/mol. The summed E-state index contributed by atoms with van der Waals surface area (Å²) in [5.74, 6) is 0.139. The topological polar surface area (TPSA) is 108 Å². The molecule has 1 saturated heterocycles. The molecule has 0 aromatic heterocycles. The summed E-state index contributed by atoms with van der Waals surface area (Å²) in [5.41, 5.74) is 0.845. The Labute approximate surface area is 157 Å². The van der Waals surface area contributed by atoms with Crippen LogP contribution in [0.15, 0.2) is 18.2 Å². The lowest BCUT2D eigenvalue weighted by Gasteiger charge is -2.21. The molecule has 1 atom stereocenters. The highest BCUT2D eigenvalue weighted by Gasteiger charge is 2.33. The van der Waals surface area contributed by atoms with Gasteiger partial charge in [-0.05, 0) is 18.6 Å². The Morgan fingerprint density at radius 3 is 2.70 bits per heavy atom. The lowest BCUT2D eigenvalue weighted by molar-refractivity contribution is -0.137. The van der Waals surface area contributed by atoms with Crippen LogP contribution in [0, 0.1) is 0 Å². The van der Waals surface area contributed by atoms with Crippen molar-refractivity contribution in [2.45, 2.75) is 25.4 Å². The first-order valence-electron chi connectivity index (χ1n) is 8.58. The van der Waals surface area contributed by atoms with Gasteiger partial charge in [0.25, 0.3) is 0 Å². The van der Waals surface area contributed by atoms with Crippen molar-refractivity contribution in [2.24, 2.45) is 0 Å². The summed E-state index contributed by atoms with van der Waals surface area (Å²) in [6.07, 6.45) is 0.349. The van der Waals surface area contributed by atoms with Crippen molar-refractivity contribution in [3.63, 3.8) is 0 Å². The van der Waals surface area contributed by atoms with Crippen LogP contribution in [0.3, 0.4) is 0 Å². The van der Waals surface area contributed by atoms with Crippen LogP contribution in [0.1, 0.15) is 18.4 Å². The molecule has 9 heteroatoms. The van der Waals surface area contributed by atoms with E-state index in [1.807, 2.05) is 6.07 Å². The molecule has 27 heavy (non-hydrogen) atoms. The number of hydrogen-bond acceptors (Lipinski definition) is 5. The molecule has 0 spiro atoms. The normalized spacial score (nSPS) is 16.2. The van der Waals surface area contributed by atoms with E-state index in [-0.39, 0.29) is 18.9 Å². The summed E-state index contributed by atoms with van der Waals surface area (Å²) in [6.45, 7) is 0.958. The largest absolute Gasteiger partial charge is 0.497 e. The molecule has 0 saturated carbocycles. The van der Waals surface area contributed by atoms with Gasteiger partial charge >= 0.3 is 12.0 Å². The molecule has 1 aliphatic heterocycles. The summed E-state index contributed by atoms with van der Waals surface area (Å²) in [4.78, 5) is 38.2. The maximum absolute atomic E-state index is 12.6. The zero-order valence-corrected chi connectivity index (χ0v) is 15.7. The number of carbonyl (C=O) groups excluding carboxylic acids is 2. The molecule has 1 aromatic carbocycles. The van der Waals surface area contributed by atoms with E-state index in [4.69, 9.17) is 14.6 Å². The fourth-order valence-corrected chi connectivity index (χ4v) is 2.84. The second-order valence-corrected chi connectivity index (χ2v) is 6.29. The number of aliphatic carboxylic acids is 1. The minimum absolute atomic E-state index is 0.0782. The Kier molecular flexibility index (Phi) is 6.86. The quantitative estimate of drug-likeness (QED) is 0.695. The molecule has 0 radical (unpaired) electrons. The van der Waals surface area contributed by atoms with Gasteiger partial charge in [-0.2, -0.15) is 0 Å². The van der Waals surface area contributed by atoms with E-state index in [9.17, 15) is 14.4 Å². The van der Waals surface area contributed by atoms with Gasteiger partial charge in [-0.3, -0.25) is 9.59 Å². The predicted octanol–water partition coefficient (Wildman–Crippen LogP) is 0.921. The number of urea groups is 1. The van der Waals surface area contributed by atoms with Gasteiger partial charge in [0.1, 0.15) is 17.5 Å². The highest BCUT2D eigenvalue weighted by molar-refractivity contribution is 5.88. The van der Waals surface area contributed by atoms with Crippen molar-refractivity contribution >= 4 is 17.9 Å². The number of carbonyl (C=O) groups is 3. The van der Waals surface area contributed by atoms with Gasteiger partial charge < -0.3 is 29.7 Å². The number of carboxylic acids is 1. The Balaban J connectivity index is 1.95. The molecule has 9 nitrogen and oxygen atoms in total. The summed E-state index contributed by atoms with van der Waals surface area (Å²) in [7, 11) is 4.62. The van der Waals surface area contributed by atoms with E-state index in [0.29, 0.717) is 31.0 Å². The number of carboxylic acid groups (broad SMARTS) is 1. The van der Waals surface area contributed by atoms with Gasteiger partial charge in [-0.1, -0.05) is 0 Å². The van der Waals surface area contributed by atoms with Crippen LogP contribution < -0.4 is 14.8 Å². The fraction of sp³-hybridized carbons (Fsp3) is 0.500. The van der Waals surface area contributed by atoms with Gasteiger partial charge in [0, 0.05) is 38.3 Å². The van der Waals surface area contributed by atoms with Crippen LogP contribution in [0.2, 0.25) is 0 Å². The number of ether oxygens (including phenoxy) is 2. The number of amides is 3. The van der Waals surface area contributed by atoms with Crippen molar-refractivity contribution in [3.05, 3.63) is 23.8 Å². The third-order valence-corrected chi connectivity index (χ3v) is 4.46. The molecular weight excluding hydrogens is 354 g/mol. The molecule has 148 valence electrons. The van der Waals surface area contributed by atoms with E-state index < -0.39 is 18.0 Å². The van der Waals surface area contributed by atoms with Gasteiger partial charge in [0.05, 0.1) is 20.6 Å². The number of likely N-dealkylation sites (tertiary alicyclic amines) is 1. The van der Waals surface area contributed by atoms with Crippen molar-refractivity contribution in [1.82, 2.24) is 15.1 Å². The Morgan fingerprint density at radius 2 is 2.07 bits per heavy atom. The average molecular weight is 379 g/mol. The molecular formula is C18H25N3O6. The third kappa shape index (κ3) is 5.25. The number of rotatable bonds is 8. The molecule has 2 rings (SSSR count). The Bertz CT molecular complexity index is 708. The van der Waals surface area contributed by atoms with E-state index in [1.54, 1.807) is 31.3 Å². The molecule has 1 fully saturated rings. The number of benzene rings is 1. The summed E-state index contributed by atoms with van der Waals surface area (Å²) in [6, 6.07) is 4.32. The molecule has 0 aliphatic carbocycles. The molecule has 2 N–H and O–H groups in total. The number of nitrogens with one attached hydrogen (secondary N) is 1.